The summed E-state index contributed by atoms with van der Waals surface area (Å²) in [6.45, 7) is 5.49. The van der Waals surface area contributed by atoms with Gasteiger partial charge in [0.05, 0.1) is 6.04 Å². The zero-order chi connectivity index (χ0) is 8.27. The van der Waals surface area contributed by atoms with E-state index in [2.05, 4.69) is 19.2 Å². The maximum Gasteiger partial charge on any atom is 0.136 e. The number of rotatable bonds is 3. The molecule has 11 heavy (non-hydrogen) atoms. The van der Waals surface area contributed by atoms with E-state index in [0.717, 1.165) is 31.1 Å². The first-order chi connectivity index (χ1) is 5.22. The Labute approximate surface area is 68.4 Å². The van der Waals surface area contributed by atoms with Crippen molar-refractivity contribution in [3.05, 3.63) is 0 Å². The fraction of sp³-hybridized carbons (Fsp3) is 0.889. The summed E-state index contributed by atoms with van der Waals surface area (Å²) in [6.07, 6.45) is 3.32. The highest BCUT2D eigenvalue weighted by atomic mass is 16.1. The van der Waals surface area contributed by atoms with Gasteiger partial charge in [0, 0.05) is 0 Å². The van der Waals surface area contributed by atoms with Crippen LogP contribution in [0.3, 0.4) is 0 Å². The van der Waals surface area contributed by atoms with Crippen molar-refractivity contribution in [1.82, 2.24) is 5.32 Å². The van der Waals surface area contributed by atoms with Gasteiger partial charge in [-0.1, -0.05) is 13.8 Å². The highest BCUT2D eigenvalue weighted by molar-refractivity contribution is 5.58. The zero-order valence-electron chi connectivity index (χ0n) is 7.34. The SMILES string of the molecule is CC(C)CC1CNC(C=O)C1. The van der Waals surface area contributed by atoms with Crippen LogP contribution in [0.4, 0.5) is 0 Å². The lowest BCUT2D eigenvalue weighted by molar-refractivity contribution is -0.109. The van der Waals surface area contributed by atoms with Crippen molar-refractivity contribution >= 4 is 6.29 Å². The highest BCUT2D eigenvalue weighted by Crippen LogP contribution is 2.20. The third-order valence-corrected chi connectivity index (χ3v) is 2.22. The van der Waals surface area contributed by atoms with Crippen LogP contribution in [-0.4, -0.2) is 18.9 Å². The number of aldehydes is 1. The quantitative estimate of drug-likeness (QED) is 0.621. The topological polar surface area (TPSA) is 29.1 Å². The molecule has 0 radical (unpaired) electrons. The summed E-state index contributed by atoms with van der Waals surface area (Å²) in [7, 11) is 0. The molecule has 0 aromatic carbocycles. The molecule has 1 aliphatic rings. The molecule has 0 aliphatic carbocycles. The number of carbonyl (C=O) groups excluding carboxylic acids is 1. The van der Waals surface area contributed by atoms with E-state index in [0.29, 0.717) is 0 Å². The van der Waals surface area contributed by atoms with Crippen LogP contribution in [0.1, 0.15) is 26.7 Å². The lowest BCUT2D eigenvalue weighted by atomic mass is 9.95. The van der Waals surface area contributed by atoms with Crippen LogP contribution in [0.15, 0.2) is 0 Å². The Kier molecular flexibility index (Phi) is 3.06. The van der Waals surface area contributed by atoms with Gasteiger partial charge in [0.2, 0.25) is 0 Å². The van der Waals surface area contributed by atoms with Gasteiger partial charge in [0.15, 0.2) is 0 Å². The minimum absolute atomic E-state index is 0.138. The minimum atomic E-state index is 0.138. The molecule has 2 nitrogen and oxygen atoms in total. The number of carbonyl (C=O) groups is 1. The van der Waals surface area contributed by atoms with Crippen LogP contribution in [0.5, 0.6) is 0 Å². The molecule has 1 N–H and O–H groups in total. The molecule has 0 amide bonds. The Balaban J connectivity index is 2.24. The molecule has 2 heteroatoms. The minimum Gasteiger partial charge on any atom is -0.307 e. The summed E-state index contributed by atoms with van der Waals surface area (Å²) in [4.78, 5) is 10.4. The van der Waals surface area contributed by atoms with Gasteiger partial charge < -0.3 is 10.1 Å². The first-order valence-corrected chi connectivity index (χ1v) is 4.41. The molecule has 0 spiro atoms. The van der Waals surface area contributed by atoms with Crippen molar-refractivity contribution in [2.24, 2.45) is 11.8 Å². The third-order valence-electron chi connectivity index (χ3n) is 2.22. The Morgan fingerprint density at radius 3 is 2.82 bits per heavy atom. The predicted molar refractivity (Wildman–Crippen MR) is 45.4 cm³/mol. The van der Waals surface area contributed by atoms with Crippen molar-refractivity contribution in [3.63, 3.8) is 0 Å². The number of nitrogens with one attached hydrogen (secondary N) is 1. The predicted octanol–water partition coefficient (Wildman–Crippen LogP) is 1.21. The molecular weight excluding hydrogens is 138 g/mol. The monoisotopic (exact) mass is 155 g/mol. The van der Waals surface area contributed by atoms with E-state index in [9.17, 15) is 4.79 Å². The fourth-order valence-corrected chi connectivity index (χ4v) is 1.79. The Bertz CT molecular complexity index is 134. The summed E-state index contributed by atoms with van der Waals surface area (Å²) in [5.74, 6) is 1.48. The second-order valence-corrected chi connectivity index (χ2v) is 3.88. The van der Waals surface area contributed by atoms with E-state index in [-0.39, 0.29) is 6.04 Å². The Morgan fingerprint density at radius 2 is 2.36 bits per heavy atom. The van der Waals surface area contributed by atoms with Gasteiger partial charge >= 0.3 is 0 Å². The van der Waals surface area contributed by atoms with E-state index >= 15 is 0 Å². The van der Waals surface area contributed by atoms with E-state index < -0.39 is 0 Å². The van der Waals surface area contributed by atoms with E-state index in [1.54, 1.807) is 0 Å². The van der Waals surface area contributed by atoms with Gasteiger partial charge in [0.25, 0.3) is 0 Å². The summed E-state index contributed by atoms with van der Waals surface area (Å²) in [5.41, 5.74) is 0. The lowest BCUT2D eigenvalue weighted by Gasteiger charge is -2.10. The summed E-state index contributed by atoms with van der Waals surface area (Å²) in [6, 6.07) is 0.138. The average Bonchev–Trinajstić information content (AvgIpc) is 2.34. The van der Waals surface area contributed by atoms with E-state index in [4.69, 9.17) is 0 Å². The van der Waals surface area contributed by atoms with Crippen LogP contribution in [0.2, 0.25) is 0 Å². The van der Waals surface area contributed by atoms with Gasteiger partial charge in [0.1, 0.15) is 6.29 Å². The van der Waals surface area contributed by atoms with Crippen LogP contribution in [-0.2, 0) is 4.79 Å². The average molecular weight is 155 g/mol. The van der Waals surface area contributed by atoms with Crippen LogP contribution < -0.4 is 5.32 Å². The molecule has 0 saturated carbocycles. The smallest absolute Gasteiger partial charge is 0.136 e. The summed E-state index contributed by atoms with van der Waals surface area (Å²) >= 11 is 0. The maximum atomic E-state index is 10.4. The molecule has 1 aliphatic heterocycles. The molecule has 1 saturated heterocycles. The zero-order valence-corrected chi connectivity index (χ0v) is 7.34. The number of hydrogen-bond acceptors (Lipinski definition) is 2. The van der Waals surface area contributed by atoms with Crippen molar-refractivity contribution < 1.29 is 4.79 Å². The second-order valence-electron chi connectivity index (χ2n) is 3.88. The first kappa shape index (κ1) is 8.72. The van der Waals surface area contributed by atoms with E-state index in [1.165, 1.54) is 6.42 Å². The van der Waals surface area contributed by atoms with Crippen LogP contribution in [0.25, 0.3) is 0 Å². The van der Waals surface area contributed by atoms with Gasteiger partial charge in [-0.15, -0.1) is 0 Å². The van der Waals surface area contributed by atoms with Gasteiger partial charge in [-0.25, -0.2) is 0 Å². The molecule has 2 unspecified atom stereocenters. The standard InChI is InChI=1S/C9H17NO/c1-7(2)3-8-4-9(6-11)10-5-8/h6-10H,3-5H2,1-2H3. The van der Waals surface area contributed by atoms with Crippen molar-refractivity contribution in [2.75, 3.05) is 6.54 Å². The van der Waals surface area contributed by atoms with Crippen molar-refractivity contribution in [2.45, 2.75) is 32.7 Å². The third kappa shape index (κ3) is 2.62. The summed E-state index contributed by atoms with van der Waals surface area (Å²) < 4.78 is 0. The Morgan fingerprint density at radius 1 is 1.64 bits per heavy atom. The summed E-state index contributed by atoms with van der Waals surface area (Å²) in [5, 5.41) is 3.19. The fourth-order valence-electron chi connectivity index (χ4n) is 1.79. The molecule has 0 bridgehead atoms. The van der Waals surface area contributed by atoms with Gasteiger partial charge in [-0.05, 0) is 31.2 Å². The maximum absolute atomic E-state index is 10.4. The van der Waals surface area contributed by atoms with E-state index in [1.807, 2.05) is 0 Å². The van der Waals surface area contributed by atoms with Gasteiger partial charge in [-0.3, -0.25) is 0 Å². The van der Waals surface area contributed by atoms with Crippen molar-refractivity contribution in [1.29, 1.82) is 0 Å². The van der Waals surface area contributed by atoms with Crippen LogP contribution in [0, 0.1) is 11.8 Å². The molecular formula is C9H17NO. The van der Waals surface area contributed by atoms with Crippen LogP contribution >= 0.6 is 0 Å². The molecule has 64 valence electrons. The lowest BCUT2D eigenvalue weighted by Crippen LogP contribution is -2.22. The molecule has 2 atom stereocenters. The molecule has 1 rings (SSSR count). The first-order valence-electron chi connectivity index (χ1n) is 4.41. The normalized spacial score (nSPS) is 31.2. The van der Waals surface area contributed by atoms with Crippen molar-refractivity contribution in [3.8, 4) is 0 Å². The Hall–Kier alpha value is -0.370. The molecule has 1 heterocycles. The number of hydrogen-bond donors (Lipinski definition) is 1. The van der Waals surface area contributed by atoms with Gasteiger partial charge in [-0.2, -0.15) is 0 Å². The highest BCUT2D eigenvalue weighted by Gasteiger charge is 2.23. The second kappa shape index (κ2) is 3.86. The molecule has 1 fully saturated rings. The molecule has 0 aromatic rings. The molecule has 0 aromatic heterocycles. The largest absolute Gasteiger partial charge is 0.307 e.